The van der Waals surface area contributed by atoms with Crippen LogP contribution >= 0.6 is 0 Å². The Bertz CT molecular complexity index is 245. The van der Waals surface area contributed by atoms with Gasteiger partial charge in [0.15, 0.2) is 6.10 Å². The third kappa shape index (κ3) is 4.45. The van der Waals surface area contributed by atoms with E-state index in [0.717, 1.165) is 6.08 Å². The first-order chi connectivity index (χ1) is 6.51. The highest BCUT2D eigenvalue weighted by molar-refractivity contribution is 5.85. The molecular formula is C10H14O4. The molecule has 0 bridgehead atoms. The van der Waals surface area contributed by atoms with E-state index in [1.807, 2.05) is 0 Å². The molecule has 0 rings (SSSR count). The Balaban J connectivity index is 4.05. The van der Waals surface area contributed by atoms with Crippen molar-refractivity contribution in [3.8, 4) is 0 Å². The molecule has 0 aromatic carbocycles. The Kier molecular flexibility index (Phi) is 5.29. The summed E-state index contributed by atoms with van der Waals surface area (Å²) in [7, 11) is 0. The lowest BCUT2D eigenvalue weighted by molar-refractivity contribution is -0.165. The van der Waals surface area contributed by atoms with Crippen LogP contribution in [0.5, 0.6) is 0 Å². The average Bonchev–Trinajstić information content (AvgIpc) is 2.17. The molecule has 0 radical (unpaired) electrons. The van der Waals surface area contributed by atoms with Gasteiger partial charge >= 0.3 is 11.9 Å². The molecule has 0 N–H and O–H groups in total. The van der Waals surface area contributed by atoms with Gasteiger partial charge in [0.1, 0.15) is 6.10 Å². The summed E-state index contributed by atoms with van der Waals surface area (Å²) in [5.41, 5.74) is 0. The lowest BCUT2D eigenvalue weighted by Crippen LogP contribution is -2.27. The van der Waals surface area contributed by atoms with Gasteiger partial charge in [-0.1, -0.05) is 19.2 Å². The van der Waals surface area contributed by atoms with E-state index in [0.29, 0.717) is 0 Å². The summed E-state index contributed by atoms with van der Waals surface area (Å²) < 4.78 is 9.48. The lowest BCUT2D eigenvalue weighted by Gasteiger charge is -2.13. The zero-order chi connectivity index (χ0) is 11.1. The minimum Gasteiger partial charge on any atom is -0.456 e. The molecule has 0 amide bonds. The smallest absolute Gasteiger partial charge is 0.347 e. The second-order valence-corrected chi connectivity index (χ2v) is 2.66. The first-order valence-corrected chi connectivity index (χ1v) is 4.17. The van der Waals surface area contributed by atoms with E-state index in [-0.39, 0.29) is 0 Å². The van der Waals surface area contributed by atoms with Crippen LogP contribution in [0.25, 0.3) is 0 Å². The molecule has 0 aliphatic carbocycles. The van der Waals surface area contributed by atoms with Crippen molar-refractivity contribution in [3.63, 3.8) is 0 Å². The van der Waals surface area contributed by atoms with Crippen LogP contribution < -0.4 is 0 Å². The van der Waals surface area contributed by atoms with Crippen LogP contribution in [0.1, 0.15) is 13.8 Å². The van der Waals surface area contributed by atoms with Crippen LogP contribution in [0.15, 0.2) is 25.3 Å². The maximum Gasteiger partial charge on any atom is 0.347 e. The maximum absolute atomic E-state index is 11.2. The number of hydrogen-bond donors (Lipinski definition) is 0. The predicted octanol–water partition coefficient (Wildman–Crippen LogP) is 1.22. The molecule has 14 heavy (non-hydrogen) atoms. The molecule has 4 heteroatoms. The van der Waals surface area contributed by atoms with Crippen LogP contribution in [0, 0.1) is 0 Å². The Hall–Kier alpha value is -1.58. The Morgan fingerprint density at radius 1 is 1.21 bits per heavy atom. The fourth-order valence-electron chi connectivity index (χ4n) is 0.598. The van der Waals surface area contributed by atoms with Gasteiger partial charge in [0.05, 0.1) is 0 Å². The average molecular weight is 198 g/mol. The Morgan fingerprint density at radius 2 is 1.79 bits per heavy atom. The Labute approximate surface area is 83.2 Å². The van der Waals surface area contributed by atoms with Crippen molar-refractivity contribution in [1.29, 1.82) is 0 Å². The topological polar surface area (TPSA) is 52.6 Å². The van der Waals surface area contributed by atoms with Crippen molar-refractivity contribution < 1.29 is 19.1 Å². The molecule has 0 aromatic heterocycles. The molecule has 0 saturated heterocycles. The van der Waals surface area contributed by atoms with Gasteiger partial charge in [-0.05, 0) is 13.8 Å². The molecule has 78 valence electrons. The molecule has 0 aliphatic heterocycles. The van der Waals surface area contributed by atoms with Gasteiger partial charge in [0.25, 0.3) is 0 Å². The van der Waals surface area contributed by atoms with Crippen LogP contribution in [-0.4, -0.2) is 24.1 Å². The largest absolute Gasteiger partial charge is 0.456 e. The van der Waals surface area contributed by atoms with Crippen molar-refractivity contribution in [2.75, 3.05) is 0 Å². The molecule has 0 heterocycles. The molecule has 0 fully saturated rings. The molecule has 0 unspecified atom stereocenters. The summed E-state index contributed by atoms with van der Waals surface area (Å²) >= 11 is 0. The summed E-state index contributed by atoms with van der Waals surface area (Å²) in [6, 6.07) is 0. The lowest BCUT2D eigenvalue weighted by atomic mass is 10.3. The van der Waals surface area contributed by atoms with Crippen molar-refractivity contribution in [1.82, 2.24) is 0 Å². The second-order valence-electron chi connectivity index (χ2n) is 2.66. The van der Waals surface area contributed by atoms with E-state index in [2.05, 4.69) is 17.9 Å². The van der Waals surface area contributed by atoms with Crippen molar-refractivity contribution in [2.24, 2.45) is 0 Å². The second kappa shape index (κ2) is 5.96. The molecule has 0 saturated carbocycles. The van der Waals surface area contributed by atoms with Gasteiger partial charge in [-0.2, -0.15) is 0 Å². The minimum atomic E-state index is -0.928. The summed E-state index contributed by atoms with van der Waals surface area (Å²) in [4.78, 5) is 21.9. The first kappa shape index (κ1) is 12.4. The van der Waals surface area contributed by atoms with Crippen molar-refractivity contribution in [2.45, 2.75) is 26.1 Å². The summed E-state index contributed by atoms with van der Waals surface area (Å²) in [5, 5.41) is 0. The molecular weight excluding hydrogens is 184 g/mol. The highest BCUT2D eigenvalue weighted by Gasteiger charge is 2.19. The zero-order valence-corrected chi connectivity index (χ0v) is 8.36. The number of esters is 2. The highest BCUT2D eigenvalue weighted by Crippen LogP contribution is 2.00. The van der Waals surface area contributed by atoms with Crippen LogP contribution in [-0.2, 0) is 19.1 Å². The highest BCUT2D eigenvalue weighted by atomic mass is 16.6. The number of carbonyl (C=O) groups is 2. The zero-order valence-electron chi connectivity index (χ0n) is 8.36. The van der Waals surface area contributed by atoms with Crippen LogP contribution in [0.2, 0.25) is 0 Å². The summed E-state index contributed by atoms with van der Waals surface area (Å²) in [6.45, 7) is 9.75. The molecule has 0 spiro atoms. The van der Waals surface area contributed by atoms with Gasteiger partial charge in [0.2, 0.25) is 0 Å². The van der Waals surface area contributed by atoms with Gasteiger partial charge in [-0.15, -0.1) is 0 Å². The quantitative estimate of drug-likeness (QED) is 0.378. The van der Waals surface area contributed by atoms with Crippen LogP contribution in [0.3, 0.4) is 0 Å². The maximum atomic E-state index is 11.2. The number of rotatable bonds is 5. The van der Waals surface area contributed by atoms with Gasteiger partial charge in [-0.3, -0.25) is 0 Å². The van der Waals surface area contributed by atoms with Gasteiger partial charge in [-0.25, -0.2) is 9.59 Å². The number of ether oxygens (including phenoxy) is 2. The van der Waals surface area contributed by atoms with Crippen LogP contribution in [0.4, 0.5) is 0 Å². The monoisotopic (exact) mass is 198 g/mol. The predicted molar refractivity (Wildman–Crippen MR) is 51.5 cm³/mol. The van der Waals surface area contributed by atoms with Crippen molar-refractivity contribution in [3.05, 3.63) is 25.3 Å². The van der Waals surface area contributed by atoms with E-state index in [1.165, 1.54) is 13.0 Å². The molecule has 0 aromatic rings. The first-order valence-electron chi connectivity index (χ1n) is 4.17. The van der Waals surface area contributed by atoms with E-state index >= 15 is 0 Å². The SMILES string of the molecule is C=CC(=O)O[C@@H](C)C(=O)O[C@@H](C)C=C. The minimum absolute atomic E-state index is 0.396. The number of hydrogen-bond acceptors (Lipinski definition) is 4. The fraction of sp³-hybridized carbons (Fsp3) is 0.400. The van der Waals surface area contributed by atoms with Crippen molar-refractivity contribution >= 4 is 11.9 Å². The normalized spacial score (nSPS) is 13.6. The van der Waals surface area contributed by atoms with Gasteiger partial charge < -0.3 is 9.47 Å². The number of carbonyl (C=O) groups excluding carboxylic acids is 2. The third-order valence-electron chi connectivity index (χ3n) is 1.43. The summed E-state index contributed by atoms with van der Waals surface area (Å²) in [5.74, 6) is -1.26. The molecule has 4 nitrogen and oxygen atoms in total. The third-order valence-corrected chi connectivity index (χ3v) is 1.43. The van der Waals surface area contributed by atoms with E-state index in [1.54, 1.807) is 6.92 Å². The fourth-order valence-corrected chi connectivity index (χ4v) is 0.598. The van der Waals surface area contributed by atoms with Gasteiger partial charge in [0, 0.05) is 6.08 Å². The Morgan fingerprint density at radius 3 is 2.21 bits per heavy atom. The van der Waals surface area contributed by atoms with E-state index in [9.17, 15) is 9.59 Å². The van der Waals surface area contributed by atoms with E-state index in [4.69, 9.17) is 4.74 Å². The van der Waals surface area contributed by atoms with E-state index < -0.39 is 24.1 Å². The molecule has 2 atom stereocenters. The summed E-state index contributed by atoms with van der Waals surface area (Å²) in [6.07, 6.45) is 1.14. The molecule has 0 aliphatic rings. The standard InChI is InChI=1S/C10H14O4/c1-5-7(3)13-10(12)8(4)14-9(11)6-2/h5-8H,1-2H2,3-4H3/t7-,8-/m0/s1.